The third-order valence-corrected chi connectivity index (χ3v) is 6.41. The molecule has 1 unspecified atom stereocenters. The maximum Gasteiger partial charge on any atom is 0.259 e. The fourth-order valence-electron chi connectivity index (χ4n) is 3.68. The van der Waals surface area contributed by atoms with E-state index in [1.807, 2.05) is 12.1 Å². The molecular weight excluding hydrogens is 398 g/mol. The number of para-hydroxylation sites is 2. The van der Waals surface area contributed by atoms with Gasteiger partial charge in [-0.2, -0.15) is 0 Å². The van der Waals surface area contributed by atoms with Gasteiger partial charge in [0.2, 0.25) is 0 Å². The number of hydrogen-bond acceptors (Lipinski definition) is 5. The molecule has 4 rings (SSSR count). The first-order valence-electron chi connectivity index (χ1n) is 9.87. The Morgan fingerprint density at radius 1 is 1.13 bits per heavy atom. The highest BCUT2D eigenvalue weighted by atomic mass is 32.1. The summed E-state index contributed by atoms with van der Waals surface area (Å²) in [5, 5.41) is 6.48. The molecule has 30 heavy (non-hydrogen) atoms. The van der Waals surface area contributed by atoms with Gasteiger partial charge in [0.25, 0.3) is 11.8 Å². The Balaban J connectivity index is 1.68. The van der Waals surface area contributed by atoms with Gasteiger partial charge in [-0.3, -0.25) is 14.6 Å². The molecule has 7 heteroatoms. The van der Waals surface area contributed by atoms with Gasteiger partial charge in [-0.25, -0.2) is 0 Å². The second-order valence-electron chi connectivity index (χ2n) is 7.41. The molecule has 0 fully saturated rings. The first-order chi connectivity index (χ1) is 14.6. The largest absolute Gasteiger partial charge is 0.495 e. The van der Waals surface area contributed by atoms with Gasteiger partial charge < -0.3 is 15.4 Å². The Labute approximate surface area is 179 Å². The molecule has 1 aliphatic rings. The number of amides is 2. The average molecular weight is 422 g/mol. The number of benzene rings is 1. The number of rotatable bonds is 5. The molecule has 2 amide bonds. The van der Waals surface area contributed by atoms with Crippen molar-refractivity contribution in [1.82, 2.24) is 4.98 Å². The van der Waals surface area contributed by atoms with Crippen molar-refractivity contribution in [1.29, 1.82) is 0 Å². The number of fused-ring (bicyclic) bond motifs is 1. The standard InChI is InChI=1S/C23H23N3O3S/c1-14-9-10-16-19(12-14)30-23(26-21(27)15-6-5-11-24-13-15)20(16)22(28)25-17-7-3-4-8-18(17)29-2/h3-8,11,13-14H,9-10,12H2,1-2H3,(H,25,28)(H,26,27). The van der Waals surface area contributed by atoms with Gasteiger partial charge in [0.05, 0.1) is 23.9 Å². The molecule has 1 aliphatic carbocycles. The maximum atomic E-state index is 13.3. The van der Waals surface area contributed by atoms with Crippen LogP contribution >= 0.6 is 11.3 Å². The minimum absolute atomic E-state index is 0.243. The van der Waals surface area contributed by atoms with Crippen LogP contribution < -0.4 is 15.4 Å². The molecule has 0 aliphatic heterocycles. The van der Waals surface area contributed by atoms with Crippen LogP contribution in [0.5, 0.6) is 5.75 Å². The minimum Gasteiger partial charge on any atom is -0.495 e. The highest BCUT2D eigenvalue weighted by Crippen LogP contribution is 2.40. The van der Waals surface area contributed by atoms with Crippen LogP contribution in [0.1, 0.15) is 44.5 Å². The van der Waals surface area contributed by atoms with E-state index in [0.717, 1.165) is 24.8 Å². The lowest BCUT2D eigenvalue weighted by Crippen LogP contribution is -2.19. The quantitative estimate of drug-likeness (QED) is 0.621. The molecule has 2 aromatic heterocycles. The maximum absolute atomic E-state index is 13.3. The van der Waals surface area contributed by atoms with Crippen molar-refractivity contribution >= 4 is 33.8 Å². The molecule has 6 nitrogen and oxygen atoms in total. The van der Waals surface area contributed by atoms with E-state index < -0.39 is 0 Å². The van der Waals surface area contributed by atoms with Crippen LogP contribution in [0.4, 0.5) is 10.7 Å². The summed E-state index contributed by atoms with van der Waals surface area (Å²) in [6, 6.07) is 10.7. The summed E-state index contributed by atoms with van der Waals surface area (Å²) in [5.41, 5.74) is 2.63. The van der Waals surface area contributed by atoms with Crippen LogP contribution in [-0.4, -0.2) is 23.9 Å². The van der Waals surface area contributed by atoms with Crippen LogP contribution in [-0.2, 0) is 12.8 Å². The first-order valence-corrected chi connectivity index (χ1v) is 10.7. The number of hydrogen-bond donors (Lipinski definition) is 2. The van der Waals surface area contributed by atoms with Gasteiger partial charge in [0, 0.05) is 17.3 Å². The highest BCUT2D eigenvalue weighted by molar-refractivity contribution is 7.17. The third kappa shape index (κ3) is 4.07. The van der Waals surface area contributed by atoms with Gasteiger partial charge in [-0.05, 0) is 55.0 Å². The lowest BCUT2D eigenvalue weighted by molar-refractivity contribution is 0.102. The summed E-state index contributed by atoms with van der Waals surface area (Å²) >= 11 is 1.49. The molecule has 2 heterocycles. The number of ether oxygens (including phenoxy) is 1. The number of nitrogens with zero attached hydrogens (tertiary/aromatic N) is 1. The van der Waals surface area contributed by atoms with Crippen LogP contribution in [0.25, 0.3) is 0 Å². The van der Waals surface area contributed by atoms with Crippen molar-refractivity contribution in [3.05, 3.63) is 70.4 Å². The van der Waals surface area contributed by atoms with E-state index in [1.165, 1.54) is 22.4 Å². The van der Waals surface area contributed by atoms with Crippen molar-refractivity contribution in [2.45, 2.75) is 26.2 Å². The number of pyridine rings is 1. The van der Waals surface area contributed by atoms with Gasteiger partial charge >= 0.3 is 0 Å². The van der Waals surface area contributed by atoms with E-state index in [2.05, 4.69) is 22.5 Å². The summed E-state index contributed by atoms with van der Waals surface area (Å²) < 4.78 is 5.35. The van der Waals surface area contributed by atoms with Gasteiger partial charge in [-0.15, -0.1) is 11.3 Å². The molecule has 0 saturated heterocycles. The van der Waals surface area contributed by atoms with Gasteiger partial charge in [-0.1, -0.05) is 19.1 Å². The second-order valence-corrected chi connectivity index (χ2v) is 8.51. The summed E-state index contributed by atoms with van der Waals surface area (Å²) in [7, 11) is 1.57. The normalized spacial score (nSPS) is 15.2. The average Bonchev–Trinajstić information content (AvgIpc) is 3.11. The molecule has 1 atom stereocenters. The Morgan fingerprint density at radius 3 is 2.73 bits per heavy atom. The third-order valence-electron chi connectivity index (χ3n) is 5.24. The molecule has 2 N–H and O–H groups in total. The molecule has 154 valence electrons. The van der Waals surface area contributed by atoms with Gasteiger partial charge in [0.15, 0.2) is 0 Å². The van der Waals surface area contributed by atoms with Crippen molar-refractivity contribution in [3.8, 4) is 5.75 Å². The SMILES string of the molecule is COc1ccccc1NC(=O)c1c(NC(=O)c2cccnc2)sc2c1CCC(C)C2. The Hall–Kier alpha value is -3.19. The van der Waals surface area contributed by atoms with Crippen LogP contribution in [0.2, 0.25) is 0 Å². The van der Waals surface area contributed by atoms with Crippen molar-refractivity contribution < 1.29 is 14.3 Å². The monoisotopic (exact) mass is 421 g/mol. The van der Waals surface area contributed by atoms with E-state index in [4.69, 9.17) is 4.74 Å². The number of nitrogens with one attached hydrogen (secondary N) is 2. The minimum atomic E-state index is -0.277. The zero-order valence-corrected chi connectivity index (χ0v) is 17.7. The molecule has 0 bridgehead atoms. The van der Waals surface area contributed by atoms with E-state index in [9.17, 15) is 9.59 Å². The summed E-state index contributed by atoms with van der Waals surface area (Å²) in [6.07, 6.45) is 5.89. The van der Waals surface area contributed by atoms with Crippen LogP contribution in [0.15, 0.2) is 48.8 Å². The topological polar surface area (TPSA) is 80.3 Å². The Kier molecular flexibility index (Phi) is 5.81. The second kappa shape index (κ2) is 8.67. The molecule has 3 aromatic rings. The predicted molar refractivity (Wildman–Crippen MR) is 119 cm³/mol. The molecule has 1 aromatic carbocycles. The number of methoxy groups -OCH3 is 1. The highest BCUT2D eigenvalue weighted by Gasteiger charge is 2.29. The van der Waals surface area contributed by atoms with Gasteiger partial charge in [0.1, 0.15) is 10.8 Å². The predicted octanol–water partition coefficient (Wildman–Crippen LogP) is 4.78. The first kappa shape index (κ1) is 20.1. The smallest absolute Gasteiger partial charge is 0.259 e. The molecule has 0 spiro atoms. The van der Waals surface area contributed by atoms with Crippen LogP contribution in [0, 0.1) is 5.92 Å². The lowest BCUT2D eigenvalue weighted by atomic mass is 9.88. The summed E-state index contributed by atoms with van der Waals surface area (Å²) in [4.78, 5) is 31.2. The number of anilines is 2. The van der Waals surface area contributed by atoms with E-state index in [-0.39, 0.29) is 11.8 Å². The number of thiophene rings is 1. The Bertz CT molecular complexity index is 1080. The van der Waals surface area contributed by atoms with Crippen LogP contribution in [0.3, 0.4) is 0 Å². The lowest BCUT2D eigenvalue weighted by Gasteiger charge is -2.19. The number of aromatic nitrogens is 1. The molecule has 0 radical (unpaired) electrons. The molecular formula is C23H23N3O3S. The fraction of sp³-hybridized carbons (Fsp3) is 0.261. The van der Waals surface area contributed by atoms with E-state index in [0.29, 0.717) is 33.5 Å². The zero-order valence-electron chi connectivity index (χ0n) is 16.9. The Morgan fingerprint density at radius 2 is 1.97 bits per heavy atom. The van der Waals surface area contributed by atoms with E-state index >= 15 is 0 Å². The van der Waals surface area contributed by atoms with E-state index in [1.54, 1.807) is 37.6 Å². The summed E-state index contributed by atoms with van der Waals surface area (Å²) in [6.45, 7) is 2.21. The molecule has 0 saturated carbocycles. The van der Waals surface area contributed by atoms with Crippen molar-refractivity contribution in [2.24, 2.45) is 5.92 Å². The van der Waals surface area contributed by atoms with Crippen molar-refractivity contribution in [2.75, 3.05) is 17.7 Å². The number of carbonyl (C=O) groups is 2. The van der Waals surface area contributed by atoms with Crippen molar-refractivity contribution in [3.63, 3.8) is 0 Å². The summed E-state index contributed by atoms with van der Waals surface area (Å²) in [5.74, 6) is 0.627. The zero-order chi connectivity index (χ0) is 21.1. The number of carbonyl (C=O) groups excluding carboxylic acids is 2. The fourth-order valence-corrected chi connectivity index (χ4v) is 5.09.